The standard InChI is InChI=1S/C13H12N4OS/c1-2-18-9-4-3-5-10(6-9)19-13-11-12(15-7-14-11)16-8-17-13/h3-8H,2H2,1H3,(H,14,15,16,17). The smallest absolute Gasteiger partial charge is 0.181 e. The lowest BCUT2D eigenvalue weighted by Gasteiger charge is -2.05. The van der Waals surface area contributed by atoms with Gasteiger partial charge in [0.1, 0.15) is 22.6 Å². The molecule has 5 nitrogen and oxygen atoms in total. The maximum atomic E-state index is 5.49. The molecule has 0 spiro atoms. The second-order valence-corrected chi connectivity index (χ2v) is 4.85. The molecule has 3 rings (SSSR count). The molecule has 1 N–H and O–H groups in total. The van der Waals surface area contributed by atoms with Crippen molar-refractivity contribution in [3.63, 3.8) is 0 Å². The summed E-state index contributed by atoms with van der Waals surface area (Å²) in [4.78, 5) is 16.6. The van der Waals surface area contributed by atoms with Crippen LogP contribution in [0.3, 0.4) is 0 Å². The molecular formula is C13H12N4OS. The first kappa shape index (κ1) is 12.0. The lowest BCUT2D eigenvalue weighted by molar-refractivity contribution is 0.339. The van der Waals surface area contributed by atoms with Crippen molar-refractivity contribution in [1.29, 1.82) is 0 Å². The second-order valence-electron chi connectivity index (χ2n) is 3.79. The summed E-state index contributed by atoms with van der Waals surface area (Å²) in [6.45, 7) is 2.63. The maximum Gasteiger partial charge on any atom is 0.181 e. The zero-order valence-corrected chi connectivity index (χ0v) is 11.1. The molecule has 0 aliphatic rings. The summed E-state index contributed by atoms with van der Waals surface area (Å²) in [5.41, 5.74) is 1.53. The van der Waals surface area contributed by atoms with Crippen molar-refractivity contribution in [1.82, 2.24) is 19.9 Å². The molecule has 1 aromatic carbocycles. The molecule has 0 radical (unpaired) electrons. The molecule has 2 heterocycles. The number of hydrogen-bond acceptors (Lipinski definition) is 5. The van der Waals surface area contributed by atoms with E-state index >= 15 is 0 Å². The molecular weight excluding hydrogens is 260 g/mol. The van der Waals surface area contributed by atoms with Crippen LogP contribution in [0.25, 0.3) is 11.2 Å². The van der Waals surface area contributed by atoms with Gasteiger partial charge in [0.05, 0.1) is 12.9 Å². The molecule has 0 amide bonds. The van der Waals surface area contributed by atoms with E-state index in [2.05, 4.69) is 19.9 Å². The normalized spacial score (nSPS) is 10.8. The molecule has 0 saturated carbocycles. The molecule has 0 bridgehead atoms. The van der Waals surface area contributed by atoms with Gasteiger partial charge >= 0.3 is 0 Å². The summed E-state index contributed by atoms with van der Waals surface area (Å²) in [5, 5.41) is 0.858. The van der Waals surface area contributed by atoms with Gasteiger partial charge in [0.2, 0.25) is 0 Å². The van der Waals surface area contributed by atoms with E-state index in [4.69, 9.17) is 4.74 Å². The number of nitrogens with zero attached hydrogens (tertiary/aromatic N) is 3. The summed E-state index contributed by atoms with van der Waals surface area (Å²) in [5.74, 6) is 0.863. The van der Waals surface area contributed by atoms with Gasteiger partial charge in [-0.1, -0.05) is 17.8 Å². The third kappa shape index (κ3) is 2.53. The van der Waals surface area contributed by atoms with Crippen LogP contribution in [0.4, 0.5) is 0 Å². The first-order chi connectivity index (χ1) is 9.36. The van der Waals surface area contributed by atoms with E-state index < -0.39 is 0 Å². The Morgan fingerprint density at radius 3 is 3.11 bits per heavy atom. The van der Waals surface area contributed by atoms with E-state index in [0.29, 0.717) is 12.3 Å². The molecule has 0 unspecified atom stereocenters. The van der Waals surface area contributed by atoms with Gasteiger partial charge in [0, 0.05) is 4.90 Å². The highest BCUT2D eigenvalue weighted by molar-refractivity contribution is 7.99. The fourth-order valence-electron chi connectivity index (χ4n) is 1.73. The van der Waals surface area contributed by atoms with Crippen LogP contribution in [0.1, 0.15) is 6.92 Å². The van der Waals surface area contributed by atoms with E-state index in [1.807, 2.05) is 31.2 Å². The summed E-state index contributed by atoms with van der Waals surface area (Å²) >= 11 is 1.56. The topological polar surface area (TPSA) is 63.7 Å². The average Bonchev–Trinajstić information content (AvgIpc) is 2.89. The van der Waals surface area contributed by atoms with E-state index in [1.54, 1.807) is 18.1 Å². The van der Waals surface area contributed by atoms with Crippen molar-refractivity contribution in [2.75, 3.05) is 6.61 Å². The molecule has 6 heteroatoms. The molecule has 0 saturated heterocycles. The van der Waals surface area contributed by atoms with Crippen molar-refractivity contribution in [2.45, 2.75) is 16.8 Å². The van der Waals surface area contributed by atoms with Crippen LogP contribution in [-0.2, 0) is 0 Å². The molecule has 96 valence electrons. The van der Waals surface area contributed by atoms with Crippen LogP contribution in [0.15, 0.2) is 46.8 Å². The van der Waals surface area contributed by atoms with Crippen molar-refractivity contribution >= 4 is 22.9 Å². The number of benzene rings is 1. The number of fused-ring (bicyclic) bond motifs is 1. The first-order valence-electron chi connectivity index (χ1n) is 5.91. The van der Waals surface area contributed by atoms with E-state index in [-0.39, 0.29) is 0 Å². The number of H-pyrrole nitrogens is 1. The highest BCUT2D eigenvalue weighted by atomic mass is 32.2. The fraction of sp³-hybridized carbons (Fsp3) is 0.154. The van der Waals surface area contributed by atoms with Crippen LogP contribution >= 0.6 is 11.8 Å². The van der Waals surface area contributed by atoms with Crippen LogP contribution in [0, 0.1) is 0 Å². The van der Waals surface area contributed by atoms with Crippen molar-refractivity contribution < 1.29 is 4.74 Å². The molecule has 0 aliphatic heterocycles. The van der Waals surface area contributed by atoms with Crippen molar-refractivity contribution in [2.24, 2.45) is 0 Å². The minimum absolute atomic E-state index is 0.659. The maximum absolute atomic E-state index is 5.49. The van der Waals surface area contributed by atoms with Crippen molar-refractivity contribution in [3.05, 3.63) is 36.9 Å². The lowest BCUT2D eigenvalue weighted by Crippen LogP contribution is -1.91. The number of imidazole rings is 1. The summed E-state index contributed by atoms with van der Waals surface area (Å²) in [6.07, 6.45) is 3.15. The van der Waals surface area contributed by atoms with Gasteiger partial charge in [0.15, 0.2) is 5.65 Å². The predicted octanol–water partition coefficient (Wildman–Crippen LogP) is 2.90. The quantitative estimate of drug-likeness (QED) is 0.740. The number of aromatic nitrogens is 4. The Kier molecular flexibility index (Phi) is 3.33. The average molecular weight is 272 g/mol. The van der Waals surface area contributed by atoms with Gasteiger partial charge in [-0.2, -0.15) is 0 Å². The Balaban J connectivity index is 1.92. The lowest BCUT2D eigenvalue weighted by atomic mass is 10.3. The fourth-order valence-corrected chi connectivity index (χ4v) is 2.62. The number of aromatic amines is 1. The Bertz CT molecular complexity index is 698. The zero-order chi connectivity index (χ0) is 13.1. The van der Waals surface area contributed by atoms with Gasteiger partial charge in [-0.15, -0.1) is 0 Å². The molecule has 0 aliphatic carbocycles. The Hall–Kier alpha value is -2.08. The van der Waals surface area contributed by atoms with Crippen LogP contribution in [0.2, 0.25) is 0 Å². The van der Waals surface area contributed by atoms with Gasteiger partial charge in [0.25, 0.3) is 0 Å². The first-order valence-corrected chi connectivity index (χ1v) is 6.73. The largest absolute Gasteiger partial charge is 0.494 e. The number of rotatable bonds is 4. The summed E-state index contributed by atoms with van der Waals surface area (Å²) in [6, 6.07) is 7.94. The van der Waals surface area contributed by atoms with E-state index in [9.17, 15) is 0 Å². The SMILES string of the molecule is CCOc1cccc(Sc2ncnc3nc[nH]c23)c1. The van der Waals surface area contributed by atoms with E-state index in [1.165, 1.54) is 6.33 Å². The summed E-state index contributed by atoms with van der Waals surface area (Å²) < 4.78 is 5.49. The zero-order valence-electron chi connectivity index (χ0n) is 10.3. The van der Waals surface area contributed by atoms with Gasteiger partial charge < -0.3 is 9.72 Å². The van der Waals surface area contributed by atoms with Crippen LogP contribution in [-0.4, -0.2) is 26.5 Å². The number of hydrogen-bond donors (Lipinski definition) is 1. The monoisotopic (exact) mass is 272 g/mol. The number of ether oxygens (including phenoxy) is 1. The second kappa shape index (κ2) is 5.27. The molecule has 0 atom stereocenters. The van der Waals surface area contributed by atoms with Gasteiger partial charge in [-0.05, 0) is 25.1 Å². The van der Waals surface area contributed by atoms with Crippen LogP contribution in [0.5, 0.6) is 5.75 Å². The Labute approximate surface area is 114 Å². The Morgan fingerprint density at radius 2 is 2.21 bits per heavy atom. The van der Waals surface area contributed by atoms with Gasteiger partial charge in [-0.3, -0.25) is 0 Å². The third-order valence-electron chi connectivity index (χ3n) is 2.52. The Morgan fingerprint density at radius 1 is 1.26 bits per heavy atom. The highest BCUT2D eigenvalue weighted by Crippen LogP contribution is 2.31. The van der Waals surface area contributed by atoms with Gasteiger partial charge in [-0.25, -0.2) is 15.0 Å². The van der Waals surface area contributed by atoms with E-state index in [0.717, 1.165) is 21.2 Å². The highest BCUT2D eigenvalue weighted by Gasteiger charge is 2.08. The van der Waals surface area contributed by atoms with Crippen LogP contribution < -0.4 is 4.74 Å². The molecule has 0 fully saturated rings. The predicted molar refractivity (Wildman–Crippen MR) is 73.4 cm³/mol. The third-order valence-corrected chi connectivity index (χ3v) is 3.51. The minimum Gasteiger partial charge on any atom is -0.494 e. The minimum atomic E-state index is 0.659. The molecule has 19 heavy (non-hydrogen) atoms. The summed E-state index contributed by atoms with van der Waals surface area (Å²) in [7, 11) is 0. The molecule has 3 aromatic rings. The molecule has 2 aromatic heterocycles. The van der Waals surface area contributed by atoms with Crippen molar-refractivity contribution in [3.8, 4) is 5.75 Å². The number of nitrogens with one attached hydrogen (secondary N) is 1.